The molecule has 20 heavy (non-hydrogen) atoms. The van der Waals surface area contributed by atoms with E-state index in [9.17, 15) is 18.0 Å². The fourth-order valence-corrected chi connectivity index (χ4v) is 1.78. The Labute approximate surface area is 119 Å². The molecule has 0 radical (unpaired) electrons. The lowest BCUT2D eigenvalue weighted by molar-refractivity contribution is -0.141. The van der Waals surface area contributed by atoms with Gasteiger partial charge in [0.2, 0.25) is 0 Å². The molecule has 0 aliphatic heterocycles. The Balaban J connectivity index is 2.43. The Morgan fingerprint density at radius 2 is 2.05 bits per heavy atom. The van der Waals surface area contributed by atoms with Crippen molar-refractivity contribution >= 4 is 21.9 Å². The number of hydrogen-bond donors (Lipinski definition) is 0. The largest absolute Gasteiger partial charge is 0.464 e. The predicted molar refractivity (Wildman–Crippen MR) is 65.4 cm³/mol. The second-order valence-corrected chi connectivity index (χ2v) is 4.49. The number of halogens is 4. The maximum Gasteiger partial charge on any atom is 0.435 e. The van der Waals surface area contributed by atoms with Gasteiger partial charge in [-0.05, 0) is 34.1 Å². The molecule has 0 aliphatic rings. The number of alkyl halides is 3. The van der Waals surface area contributed by atoms with E-state index in [1.165, 1.54) is 19.2 Å². The molecule has 2 rings (SSSR count). The quantitative estimate of drug-likeness (QED) is 0.782. The van der Waals surface area contributed by atoms with E-state index in [0.29, 0.717) is 4.47 Å². The summed E-state index contributed by atoms with van der Waals surface area (Å²) in [5.41, 5.74) is -1.09. The highest BCUT2D eigenvalue weighted by molar-refractivity contribution is 9.10. The van der Waals surface area contributed by atoms with E-state index >= 15 is 0 Å². The van der Waals surface area contributed by atoms with Gasteiger partial charge in [-0.1, -0.05) is 0 Å². The van der Waals surface area contributed by atoms with Crippen LogP contribution in [0.15, 0.2) is 28.9 Å². The summed E-state index contributed by atoms with van der Waals surface area (Å²) in [6.45, 7) is 0. The van der Waals surface area contributed by atoms with Gasteiger partial charge in [0, 0.05) is 6.20 Å². The molecule has 0 atom stereocenters. The molecule has 0 fully saturated rings. The number of ether oxygens (including phenoxy) is 1. The molecule has 0 unspecified atom stereocenters. The Morgan fingerprint density at radius 1 is 1.35 bits per heavy atom. The molecule has 106 valence electrons. The summed E-state index contributed by atoms with van der Waals surface area (Å²) in [6, 6.07) is 3.72. The average Bonchev–Trinajstić information content (AvgIpc) is 2.88. The lowest BCUT2D eigenvalue weighted by Gasteiger charge is -2.05. The number of pyridine rings is 1. The van der Waals surface area contributed by atoms with Crippen LogP contribution in [-0.4, -0.2) is 27.8 Å². The Kier molecular flexibility index (Phi) is 3.80. The number of methoxy groups -OCH3 is 1. The molecule has 2 heterocycles. The first-order chi connectivity index (χ1) is 9.32. The van der Waals surface area contributed by atoms with E-state index < -0.39 is 17.8 Å². The van der Waals surface area contributed by atoms with Crippen LogP contribution in [0.5, 0.6) is 0 Å². The molecule has 5 nitrogen and oxygen atoms in total. The highest BCUT2D eigenvalue weighted by Gasteiger charge is 2.33. The second kappa shape index (κ2) is 5.23. The average molecular weight is 350 g/mol. The number of rotatable bonds is 2. The third kappa shape index (κ3) is 2.82. The molecule has 0 saturated carbocycles. The van der Waals surface area contributed by atoms with Gasteiger partial charge < -0.3 is 4.74 Å². The summed E-state index contributed by atoms with van der Waals surface area (Å²) in [5, 5.41) is 3.37. The van der Waals surface area contributed by atoms with Gasteiger partial charge in [-0.3, -0.25) is 0 Å². The highest BCUT2D eigenvalue weighted by Crippen LogP contribution is 2.28. The van der Waals surface area contributed by atoms with E-state index in [4.69, 9.17) is 0 Å². The summed E-state index contributed by atoms with van der Waals surface area (Å²) in [5.74, 6) is -0.633. The van der Waals surface area contributed by atoms with Crippen molar-refractivity contribution in [1.29, 1.82) is 0 Å². The third-order valence-corrected chi connectivity index (χ3v) is 2.96. The number of carbonyl (C=O) groups excluding carboxylic acids is 1. The SMILES string of the molecule is COC(=O)c1nc(-n2ccc(C(F)(F)F)n2)ccc1Br. The van der Waals surface area contributed by atoms with Crippen LogP contribution >= 0.6 is 15.9 Å². The number of nitrogens with zero attached hydrogens (tertiary/aromatic N) is 3. The van der Waals surface area contributed by atoms with Crippen LogP contribution in [0.2, 0.25) is 0 Å². The van der Waals surface area contributed by atoms with Gasteiger partial charge in [0.25, 0.3) is 0 Å². The minimum Gasteiger partial charge on any atom is -0.464 e. The van der Waals surface area contributed by atoms with Crippen molar-refractivity contribution in [2.24, 2.45) is 0 Å². The Hall–Kier alpha value is -1.90. The minimum absolute atomic E-state index is 0.0472. The van der Waals surface area contributed by atoms with E-state index in [0.717, 1.165) is 16.9 Å². The number of aromatic nitrogens is 3. The predicted octanol–water partition coefficient (Wildman–Crippen LogP) is 2.84. The zero-order valence-corrected chi connectivity index (χ0v) is 11.6. The smallest absolute Gasteiger partial charge is 0.435 e. The Bertz CT molecular complexity index is 655. The second-order valence-electron chi connectivity index (χ2n) is 3.63. The summed E-state index contributed by atoms with van der Waals surface area (Å²) < 4.78 is 43.2. The van der Waals surface area contributed by atoms with Gasteiger partial charge in [0.15, 0.2) is 17.2 Å². The van der Waals surface area contributed by atoms with Crippen molar-refractivity contribution in [2.75, 3.05) is 7.11 Å². The molecule has 9 heteroatoms. The van der Waals surface area contributed by atoms with Crippen molar-refractivity contribution in [2.45, 2.75) is 6.18 Å². The van der Waals surface area contributed by atoms with Gasteiger partial charge in [-0.25, -0.2) is 14.5 Å². The first kappa shape index (κ1) is 14.5. The fraction of sp³-hybridized carbons (Fsp3) is 0.182. The molecule has 0 aromatic carbocycles. The van der Waals surface area contributed by atoms with Gasteiger partial charge in [0.05, 0.1) is 11.6 Å². The first-order valence-electron chi connectivity index (χ1n) is 5.21. The molecule has 0 spiro atoms. The zero-order chi connectivity index (χ0) is 14.9. The van der Waals surface area contributed by atoms with Crippen LogP contribution in [0.4, 0.5) is 13.2 Å². The van der Waals surface area contributed by atoms with E-state index in [2.05, 4.69) is 30.7 Å². The third-order valence-electron chi connectivity index (χ3n) is 2.32. The van der Waals surface area contributed by atoms with Gasteiger partial charge in [0.1, 0.15) is 0 Å². The van der Waals surface area contributed by atoms with Crippen molar-refractivity contribution in [3.05, 3.63) is 40.3 Å². The molecule has 0 saturated heterocycles. The molecular weight excluding hydrogens is 343 g/mol. The normalized spacial score (nSPS) is 11.4. The maximum atomic E-state index is 12.5. The van der Waals surface area contributed by atoms with Crippen LogP contribution in [-0.2, 0) is 10.9 Å². The van der Waals surface area contributed by atoms with E-state index in [-0.39, 0.29) is 11.5 Å². The Morgan fingerprint density at radius 3 is 2.60 bits per heavy atom. The molecule has 2 aromatic rings. The summed E-state index contributed by atoms with van der Waals surface area (Å²) in [7, 11) is 1.18. The summed E-state index contributed by atoms with van der Waals surface area (Å²) in [4.78, 5) is 15.4. The fourth-order valence-electron chi connectivity index (χ4n) is 1.40. The van der Waals surface area contributed by atoms with Crippen LogP contribution in [0.3, 0.4) is 0 Å². The van der Waals surface area contributed by atoms with Crippen molar-refractivity contribution in [3.8, 4) is 5.82 Å². The monoisotopic (exact) mass is 349 g/mol. The molecule has 0 bridgehead atoms. The lowest BCUT2D eigenvalue weighted by atomic mass is 10.3. The van der Waals surface area contributed by atoms with E-state index in [1.807, 2.05) is 0 Å². The lowest BCUT2D eigenvalue weighted by Crippen LogP contribution is -2.10. The van der Waals surface area contributed by atoms with Crippen LogP contribution in [0.1, 0.15) is 16.2 Å². The van der Waals surface area contributed by atoms with Crippen molar-refractivity contribution in [1.82, 2.24) is 14.8 Å². The molecule has 0 aliphatic carbocycles. The standard InChI is InChI=1S/C11H7BrF3N3O2/c1-20-10(19)9-6(12)2-3-8(16-9)18-5-4-7(17-18)11(13,14)15/h2-5H,1H3. The topological polar surface area (TPSA) is 57.0 Å². The number of hydrogen-bond acceptors (Lipinski definition) is 4. The number of esters is 1. The first-order valence-corrected chi connectivity index (χ1v) is 6.00. The summed E-state index contributed by atoms with van der Waals surface area (Å²) >= 11 is 3.11. The summed E-state index contributed by atoms with van der Waals surface area (Å²) in [6.07, 6.45) is -3.42. The maximum absolute atomic E-state index is 12.5. The molecule has 2 aromatic heterocycles. The van der Waals surface area contributed by atoms with Gasteiger partial charge in [-0.2, -0.15) is 18.3 Å². The molecule has 0 amide bonds. The van der Waals surface area contributed by atoms with Crippen molar-refractivity contribution < 1.29 is 22.7 Å². The number of carbonyl (C=O) groups is 1. The minimum atomic E-state index is -4.54. The molecule has 0 N–H and O–H groups in total. The van der Waals surface area contributed by atoms with Crippen LogP contribution in [0, 0.1) is 0 Å². The van der Waals surface area contributed by atoms with Gasteiger partial charge in [-0.15, -0.1) is 0 Å². The van der Waals surface area contributed by atoms with Crippen molar-refractivity contribution in [3.63, 3.8) is 0 Å². The van der Waals surface area contributed by atoms with E-state index in [1.54, 1.807) is 0 Å². The van der Waals surface area contributed by atoms with Crippen LogP contribution in [0.25, 0.3) is 5.82 Å². The molecular formula is C11H7BrF3N3O2. The van der Waals surface area contributed by atoms with Gasteiger partial charge >= 0.3 is 12.1 Å². The van der Waals surface area contributed by atoms with Crippen LogP contribution < -0.4 is 0 Å². The zero-order valence-electron chi connectivity index (χ0n) is 9.98. The highest BCUT2D eigenvalue weighted by atomic mass is 79.9.